The number of amides is 2. The van der Waals surface area contributed by atoms with Crippen molar-refractivity contribution in [2.24, 2.45) is 5.10 Å². The second-order valence-corrected chi connectivity index (χ2v) is 6.61. The number of hydrazone groups is 1. The molecule has 2 aromatic rings. The fraction of sp³-hybridized carbons (Fsp3) is 0.167. The van der Waals surface area contributed by atoms with Crippen LogP contribution in [-0.4, -0.2) is 31.7 Å². The Morgan fingerprint density at radius 3 is 2.62 bits per heavy atom. The normalized spacial score (nSPS) is 10.6. The SMILES string of the molecule is COc1ccc(Br)cc1/C=N/NC(=O)CNC(=O)Cc1ccc(Cl)cc1. The highest BCUT2D eigenvalue weighted by atomic mass is 79.9. The molecule has 8 heteroatoms. The quantitative estimate of drug-likeness (QED) is 0.515. The lowest BCUT2D eigenvalue weighted by Gasteiger charge is -2.06. The zero-order valence-electron chi connectivity index (χ0n) is 14.0. The molecular formula is C18H17BrClN3O3. The van der Waals surface area contributed by atoms with E-state index in [1.807, 2.05) is 12.1 Å². The summed E-state index contributed by atoms with van der Waals surface area (Å²) < 4.78 is 6.07. The summed E-state index contributed by atoms with van der Waals surface area (Å²) in [6.07, 6.45) is 1.64. The molecule has 0 spiro atoms. The molecule has 0 bridgehead atoms. The number of halogens is 2. The van der Waals surface area contributed by atoms with Crippen LogP contribution in [0.1, 0.15) is 11.1 Å². The summed E-state index contributed by atoms with van der Waals surface area (Å²) in [5, 5.41) is 7.01. The summed E-state index contributed by atoms with van der Waals surface area (Å²) in [4.78, 5) is 23.6. The standard InChI is InChI=1S/C18H17BrClN3O3/c1-26-16-7-4-14(19)9-13(16)10-22-23-18(25)11-21-17(24)8-12-2-5-15(20)6-3-12/h2-7,9-10H,8,11H2,1H3,(H,21,24)(H,23,25)/b22-10+. The van der Waals surface area contributed by atoms with Gasteiger partial charge < -0.3 is 10.1 Å². The number of rotatable bonds is 7. The van der Waals surface area contributed by atoms with Crippen molar-refractivity contribution in [1.82, 2.24) is 10.7 Å². The van der Waals surface area contributed by atoms with Gasteiger partial charge in [0.15, 0.2) is 0 Å². The summed E-state index contributed by atoms with van der Waals surface area (Å²) in [5.74, 6) is -0.0674. The molecule has 0 fully saturated rings. The monoisotopic (exact) mass is 437 g/mol. The predicted octanol–water partition coefficient (Wildman–Crippen LogP) is 2.92. The van der Waals surface area contributed by atoms with Crippen LogP contribution in [0.5, 0.6) is 5.75 Å². The Labute approximate surface area is 164 Å². The van der Waals surface area contributed by atoms with Gasteiger partial charge in [0.1, 0.15) is 5.75 Å². The van der Waals surface area contributed by atoms with Crippen LogP contribution < -0.4 is 15.5 Å². The van der Waals surface area contributed by atoms with Crippen molar-refractivity contribution >= 4 is 45.6 Å². The highest BCUT2D eigenvalue weighted by molar-refractivity contribution is 9.10. The lowest BCUT2D eigenvalue weighted by molar-refractivity contribution is -0.125. The van der Waals surface area contributed by atoms with Crippen LogP contribution in [0.15, 0.2) is 52.0 Å². The minimum absolute atomic E-state index is 0.167. The molecule has 2 amide bonds. The van der Waals surface area contributed by atoms with Crippen molar-refractivity contribution in [3.05, 3.63) is 63.1 Å². The third-order valence-electron chi connectivity index (χ3n) is 3.31. The Balaban J connectivity index is 1.79. The van der Waals surface area contributed by atoms with E-state index in [-0.39, 0.29) is 18.9 Å². The third kappa shape index (κ3) is 6.50. The van der Waals surface area contributed by atoms with E-state index in [2.05, 4.69) is 31.8 Å². The number of hydrogen-bond acceptors (Lipinski definition) is 4. The maximum Gasteiger partial charge on any atom is 0.259 e. The molecule has 0 aliphatic carbocycles. The number of carbonyl (C=O) groups is 2. The summed E-state index contributed by atoms with van der Waals surface area (Å²) in [5.41, 5.74) is 3.87. The van der Waals surface area contributed by atoms with E-state index in [1.165, 1.54) is 6.21 Å². The van der Waals surface area contributed by atoms with Crippen LogP contribution in [0.25, 0.3) is 0 Å². The first-order valence-corrected chi connectivity index (χ1v) is 8.81. The zero-order valence-corrected chi connectivity index (χ0v) is 16.3. The number of benzene rings is 2. The average molecular weight is 439 g/mol. The molecule has 0 unspecified atom stereocenters. The summed E-state index contributed by atoms with van der Waals surface area (Å²) in [6, 6.07) is 12.4. The smallest absolute Gasteiger partial charge is 0.259 e. The Hall–Kier alpha value is -2.38. The van der Waals surface area contributed by atoms with E-state index in [1.54, 1.807) is 37.4 Å². The Bertz CT molecular complexity index is 810. The molecule has 136 valence electrons. The fourth-order valence-corrected chi connectivity index (χ4v) is 2.55. The van der Waals surface area contributed by atoms with Gasteiger partial charge in [-0.25, -0.2) is 5.43 Å². The molecule has 2 aromatic carbocycles. The van der Waals surface area contributed by atoms with Crippen molar-refractivity contribution in [3.8, 4) is 5.75 Å². The van der Waals surface area contributed by atoms with Crippen molar-refractivity contribution in [1.29, 1.82) is 0 Å². The maximum absolute atomic E-state index is 11.8. The van der Waals surface area contributed by atoms with Gasteiger partial charge in [-0.2, -0.15) is 5.10 Å². The molecule has 6 nitrogen and oxygen atoms in total. The second-order valence-electron chi connectivity index (χ2n) is 5.26. The molecule has 0 radical (unpaired) electrons. The predicted molar refractivity (Wildman–Crippen MR) is 105 cm³/mol. The Morgan fingerprint density at radius 2 is 1.92 bits per heavy atom. The molecule has 0 atom stereocenters. The van der Waals surface area contributed by atoms with Crippen LogP contribution in [0.3, 0.4) is 0 Å². The molecule has 0 saturated carbocycles. The van der Waals surface area contributed by atoms with Gasteiger partial charge in [-0.05, 0) is 35.9 Å². The first kappa shape index (κ1) is 19.9. The molecule has 2 rings (SSSR count). The van der Waals surface area contributed by atoms with E-state index >= 15 is 0 Å². The molecule has 0 aliphatic rings. The fourth-order valence-electron chi connectivity index (χ4n) is 2.05. The molecular weight excluding hydrogens is 422 g/mol. The van der Waals surface area contributed by atoms with Gasteiger partial charge in [0.25, 0.3) is 5.91 Å². The third-order valence-corrected chi connectivity index (χ3v) is 4.05. The lowest BCUT2D eigenvalue weighted by Crippen LogP contribution is -2.35. The first-order valence-electron chi connectivity index (χ1n) is 7.64. The number of ether oxygens (including phenoxy) is 1. The first-order chi connectivity index (χ1) is 12.5. The summed E-state index contributed by atoms with van der Waals surface area (Å²) >= 11 is 9.15. The second kappa shape index (κ2) is 9.94. The van der Waals surface area contributed by atoms with E-state index in [9.17, 15) is 9.59 Å². The summed E-state index contributed by atoms with van der Waals surface area (Å²) in [6.45, 7) is -0.167. The minimum atomic E-state index is -0.431. The van der Waals surface area contributed by atoms with Gasteiger partial charge in [0.05, 0.1) is 26.3 Å². The van der Waals surface area contributed by atoms with E-state index in [4.69, 9.17) is 16.3 Å². The minimum Gasteiger partial charge on any atom is -0.496 e. The van der Waals surface area contributed by atoms with Gasteiger partial charge in [0.2, 0.25) is 5.91 Å². The van der Waals surface area contributed by atoms with E-state index < -0.39 is 5.91 Å². The van der Waals surface area contributed by atoms with Crippen LogP contribution in [0, 0.1) is 0 Å². The number of nitrogens with one attached hydrogen (secondary N) is 2. The molecule has 26 heavy (non-hydrogen) atoms. The van der Waals surface area contributed by atoms with E-state index in [0.717, 1.165) is 10.0 Å². The van der Waals surface area contributed by atoms with Crippen molar-refractivity contribution in [2.45, 2.75) is 6.42 Å². The Kier molecular flexibility index (Phi) is 7.62. The molecule has 2 N–H and O–H groups in total. The van der Waals surface area contributed by atoms with E-state index in [0.29, 0.717) is 16.3 Å². The van der Waals surface area contributed by atoms with Gasteiger partial charge in [-0.3, -0.25) is 9.59 Å². The molecule has 0 aliphatic heterocycles. The van der Waals surface area contributed by atoms with Crippen LogP contribution in [-0.2, 0) is 16.0 Å². The molecule has 0 saturated heterocycles. The highest BCUT2D eigenvalue weighted by Crippen LogP contribution is 2.21. The average Bonchev–Trinajstić information content (AvgIpc) is 2.62. The van der Waals surface area contributed by atoms with Gasteiger partial charge in [-0.15, -0.1) is 0 Å². The van der Waals surface area contributed by atoms with Crippen molar-refractivity contribution in [3.63, 3.8) is 0 Å². The lowest BCUT2D eigenvalue weighted by atomic mass is 10.1. The van der Waals surface area contributed by atoms with Gasteiger partial charge in [0, 0.05) is 15.1 Å². The van der Waals surface area contributed by atoms with Crippen LogP contribution in [0.2, 0.25) is 5.02 Å². The largest absolute Gasteiger partial charge is 0.496 e. The summed E-state index contributed by atoms with van der Waals surface area (Å²) in [7, 11) is 1.55. The van der Waals surface area contributed by atoms with Crippen LogP contribution in [0.4, 0.5) is 0 Å². The number of hydrogen-bond donors (Lipinski definition) is 2. The van der Waals surface area contributed by atoms with Crippen molar-refractivity contribution < 1.29 is 14.3 Å². The topological polar surface area (TPSA) is 79.8 Å². The van der Waals surface area contributed by atoms with Crippen molar-refractivity contribution in [2.75, 3.05) is 13.7 Å². The number of carbonyl (C=O) groups excluding carboxylic acids is 2. The van der Waals surface area contributed by atoms with Crippen LogP contribution >= 0.6 is 27.5 Å². The molecule has 0 heterocycles. The number of methoxy groups -OCH3 is 1. The maximum atomic E-state index is 11.8. The highest BCUT2D eigenvalue weighted by Gasteiger charge is 2.06. The zero-order chi connectivity index (χ0) is 18.9. The van der Waals surface area contributed by atoms with Gasteiger partial charge >= 0.3 is 0 Å². The Morgan fingerprint density at radius 1 is 1.19 bits per heavy atom. The molecule has 0 aromatic heterocycles. The van der Waals surface area contributed by atoms with Gasteiger partial charge in [-0.1, -0.05) is 39.7 Å². The number of nitrogens with zero attached hydrogens (tertiary/aromatic N) is 1.